The first-order valence-electron chi connectivity index (χ1n) is 5.43. The predicted molar refractivity (Wildman–Crippen MR) is 67.3 cm³/mol. The fourth-order valence-electron chi connectivity index (χ4n) is 1.43. The lowest BCUT2D eigenvalue weighted by Crippen LogP contribution is -2.28. The molecule has 0 radical (unpaired) electrons. The first-order valence-corrected chi connectivity index (χ1v) is 6.31. The number of anilines is 1. The van der Waals surface area contributed by atoms with Crippen LogP contribution in [0.4, 0.5) is 5.13 Å². The Bertz CT molecular complexity index is 353. The van der Waals surface area contributed by atoms with Crippen LogP contribution in [0, 0.1) is 17.2 Å². The topological polar surface area (TPSA) is 65.9 Å². The Morgan fingerprint density at radius 1 is 1.62 bits per heavy atom. The van der Waals surface area contributed by atoms with E-state index in [0.717, 1.165) is 23.9 Å². The fraction of sp³-hybridized carbons (Fsp3) is 0.636. The van der Waals surface area contributed by atoms with Crippen LogP contribution in [-0.4, -0.2) is 18.1 Å². The van der Waals surface area contributed by atoms with Crippen LogP contribution in [0.3, 0.4) is 0 Å². The van der Waals surface area contributed by atoms with Crippen LogP contribution >= 0.6 is 11.3 Å². The molecule has 4 nitrogen and oxygen atoms in total. The van der Waals surface area contributed by atoms with Gasteiger partial charge in [-0.2, -0.15) is 5.26 Å². The second-order valence-corrected chi connectivity index (χ2v) is 4.91. The van der Waals surface area contributed by atoms with Gasteiger partial charge in [-0.05, 0) is 5.92 Å². The molecule has 0 aliphatic carbocycles. The van der Waals surface area contributed by atoms with Gasteiger partial charge < -0.3 is 10.6 Å². The van der Waals surface area contributed by atoms with Gasteiger partial charge in [0.2, 0.25) is 0 Å². The molecule has 5 heteroatoms. The number of aromatic nitrogens is 1. The third-order valence-corrected chi connectivity index (χ3v) is 3.05. The summed E-state index contributed by atoms with van der Waals surface area (Å²) in [5.41, 5.74) is 6.46. The van der Waals surface area contributed by atoms with Gasteiger partial charge >= 0.3 is 0 Å². The van der Waals surface area contributed by atoms with Crippen molar-refractivity contribution in [2.24, 2.45) is 11.7 Å². The smallest absolute Gasteiger partial charge is 0.185 e. The molecule has 0 saturated carbocycles. The Hall–Kier alpha value is -1.12. The predicted octanol–water partition coefficient (Wildman–Crippen LogP) is 1.98. The van der Waals surface area contributed by atoms with E-state index in [4.69, 9.17) is 11.0 Å². The second kappa shape index (κ2) is 6.46. The van der Waals surface area contributed by atoms with Gasteiger partial charge in [-0.1, -0.05) is 13.8 Å². The van der Waals surface area contributed by atoms with E-state index in [1.807, 2.05) is 5.38 Å². The molecule has 1 rings (SSSR count). The van der Waals surface area contributed by atoms with Gasteiger partial charge in [0.25, 0.3) is 0 Å². The van der Waals surface area contributed by atoms with E-state index >= 15 is 0 Å². The zero-order valence-electron chi connectivity index (χ0n) is 9.81. The minimum absolute atomic E-state index is 0.476. The van der Waals surface area contributed by atoms with E-state index in [9.17, 15) is 0 Å². The number of hydrogen-bond donors (Lipinski definition) is 1. The Morgan fingerprint density at radius 2 is 2.38 bits per heavy atom. The minimum atomic E-state index is 0.476. The van der Waals surface area contributed by atoms with Crippen LogP contribution in [0.25, 0.3) is 0 Å². The summed E-state index contributed by atoms with van der Waals surface area (Å²) in [6.07, 6.45) is 0.532. The van der Waals surface area contributed by atoms with Gasteiger partial charge in [-0.15, -0.1) is 11.3 Å². The molecule has 0 atom stereocenters. The van der Waals surface area contributed by atoms with Crippen LogP contribution in [-0.2, 0) is 6.54 Å². The van der Waals surface area contributed by atoms with Gasteiger partial charge in [0, 0.05) is 25.0 Å². The average molecular weight is 238 g/mol. The van der Waals surface area contributed by atoms with E-state index in [0.29, 0.717) is 18.9 Å². The van der Waals surface area contributed by atoms with Crippen molar-refractivity contribution in [3.63, 3.8) is 0 Å². The van der Waals surface area contributed by atoms with Crippen molar-refractivity contribution in [3.8, 4) is 6.07 Å². The van der Waals surface area contributed by atoms with Crippen LogP contribution in [0.1, 0.15) is 26.0 Å². The summed E-state index contributed by atoms with van der Waals surface area (Å²) in [4.78, 5) is 6.61. The van der Waals surface area contributed by atoms with Gasteiger partial charge in [0.1, 0.15) is 0 Å². The Balaban J connectivity index is 2.70. The van der Waals surface area contributed by atoms with Crippen molar-refractivity contribution >= 4 is 16.5 Å². The molecule has 0 aliphatic rings. The van der Waals surface area contributed by atoms with Crippen molar-refractivity contribution in [2.45, 2.75) is 26.8 Å². The normalized spacial score (nSPS) is 10.4. The van der Waals surface area contributed by atoms with Crippen molar-refractivity contribution < 1.29 is 0 Å². The Morgan fingerprint density at radius 3 is 2.88 bits per heavy atom. The average Bonchev–Trinajstić information content (AvgIpc) is 2.72. The monoisotopic (exact) mass is 238 g/mol. The standard InChI is InChI=1S/C11H18N4S/c1-9(2)7-15(5-3-4-12)11-14-10(6-13)8-16-11/h8-9H,3,5-7,13H2,1-2H3. The van der Waals surface area contributed by atoms with E-state index in [2.05, 4.69) is 29.8 Å². The number of hydrogen-bond acceptors (Lipinski definition) is 5. The zero-order chi connectivity index (χ0) is 12.0. The first-order chi connectivity index (χ1) is 7.67. The third-order valence-electron chi connectivity index (χ3n) is 2.10. The number of rotatable bonds is 6. The lowest BCUT2D eigenvalue weighted by Gasteiger charge is -2.22. The molecule has 0 amide bonds. The lowest BCUT2D eigenvalue weighted by atomic mass is 10.2. The lowest BCUT2D eigenvalue weighted by molar-refractivity contribution is 0.610. The summed E-state index contributed by atoms with van der Waals surface area (Å²) in [6.45, 7) is 6.48. The molecular formula is C11H18N4S. The maximum absolute atomic E-state index is 8.63. The molecule has 0 aliphatic heterocycles. The quantitative estimate of drug-likeness (QED) is 0.823. The summed E-state index contributed by atoms with van der Waals surface area (Å²) >= 11 is 1.60. The highest BCUT2D eigenvalue weighted by Crippen LogP contribution is 2.21. The molecule has 16 heavy (non-hydrogen) atoms. The molecule has 0 saturated heterocycles. The summed E-state index contributed by atoms with van der Waals surface area (Å²) in [5, 5.41) is 11.6. The highest BCUT2D eigenvalue weighted by molar-refractivity contribution is 7.13. The van der Waals surface area contributed by atoms with Crippen LogP contribution < -0.4 is 10.6 Å². The van der Waals surface area contributed by atoms with E-state index in [1.54, 1.807) is 11.3 Å². The highest BCUT2D eigenvalue weighted by atomic mass is 32.1. The summed E-state index contributed by atoms with van der Waals surface area (Å²) < 4.78 is 0. The van der Waals surface area contributed by atoms with Gasteiger partial charge in [0.15, 0.2) is 5.13 Å². The molecule has 0 fully saturated rings. The largest absolute Gasteiger partial charge is 0.347 e. The highest BCUT2D eigenvalue weighted by Gasteiger charge is 2.11. The van der Waals surface area contributed by atoms with E-state index in [1.165, 1.54) is 0 Å². The molecule has 1 aromatic heterocycles. The maximum atomic E-state index is 8.63. The zero-order valence-corrected chi connectivity index (χ0v) is 10.6. The maximum Gasteiger partial charge on any atom is 0.185 e. The molecular weight excluding hydrogens is 220 g/mol. The summed E-state index contributed by atoms with van der Waals surface area (Å²) in [5.74, 6) is 0.559. The van der Waals surface area contributed by atoms with Gasteiger partial charge in [-0.25, -0.2) is 4.98 Å². The molecule has 0 spiro atoms. The molecule has 0 bridgehead atoms. The van der Waals surface area contributed by atoms with Gasteiger partial charge in [-0.3, -0.25) is 0 Å². The third kappa shape index (κ3) is 3.80. The summed E-state index contributed by atoms with van der Waals surface area (Å²) in [7, 11) is 0. The van der Waals surface area contributed by atoms with E-state index in [-0.39, 0.29) is 0 Å². The number of nitrogens with two attached hydrogens (primary N) is 1. The van der Waals surface area contributed by atoms with Crippen LogP contribution in [0.15, 0.2) is 5.38 Å². The molecule has 2 N–H and O–H groups in total. The van der Waals surface area contributed by atoms with Crippen molar-refractivity contribution in [1.29, 1.82) is 5.26 Å². The molecule has 88 valence electrons. The fourth-order valence-corrected chi connectivity index (χ4v) is 2.30. The van der Waals surface area contributed by atoms with Crippen LogP contribution in [0.5, 0.6) is 0 Å². The van der Waals surface area contributed by atoms with E-state index < -0.39 is 0 Å². The molecule has 1 aromatic rings. The second-order valence-electron chi connectivity index (χ2n) is 4.07. The number of nitrogens with zero attached hydrogens (tertiary/aromatic N) is 3. The van der Waals surface area contributed by atoms with Crippen LogP contribution in [0.2, 0.25) is 0 Å². The SMILES string of the molecule is CC(C)CN(CCC#N)c1nc(CN)cs1. The first kappa shape index (κ1) is 12.9. The summed E-state index contributed by atoms with van der Waals surface area (Å²) in [6, 6.07) is 2.17. The van der Waals surface area contributed by atoms with Gasteiger partial charge in [0.05, 0.1) is 18.2 Å². The van der Waals surface area contributed by atoms with Crippen molar-refractivity contribution in [1.82, 2.24) is 4.98 Å². The van der Waals surface area contributed by atoms with Crippen molar-refractivity contribution in [2.75, 3.05) is 18.0 Å². The Labute approximate surface area is 101 Å². The minimum Gasteiger partial charge on any atom is -0.347 e. The molecule has 0 unspecified atom stereocenters. The molecule has 0 aromatic carbocycles. The number of nitriles is 1. The van der Waals surface area contributed by atoms with Crippen molar-refractivity contribution in [3.05, 3.63) is 11.1 Å². The number of thiazole rings is 1. The Kier molecular flexibility index (Phi) is 5.23. The molecule has 1 heterocycles.